The van der Waals surface area contributed by atoms with E-state index < -0.39 is 46.4 Å². The molecule has 3 aromatic rings. The van der Waals surface area contributed by atoms with Gasteiger partial charge in [0.1, 0.15) is 23.5 Å². The first kappa shape index (κ1) is 50.7. The molecular formula is C48H63F2N7O9. The summed E-state index contributed by atoms with van der Waals surface area (Å²) in [7, 11) is 4.90. The Morgan fingerprint density at radius 1 is 0.773 bits per heavy atom. The van der Waals surface area contributed by atoms with E-state index in [0.29, 0.717) is 41.5 Å². The van der Waals surface area contributed by atoms with Crippen LogP contribution in [0.2, 0.25) is 0 Å². The maximum absolute atomic E-state index is 13.7. The lowest BCUT2D eigenvalue weighted by atomic mass is 9.86. The number of carbonyl (C=O) groups is 4. The van der Waals surface area contributed by atoms with Crippen molar-refractivity contribution in [2.24, 2.45) is 25.2 Å². The number of aromatic nitrogens is 2. The second kappa shape index (κ2) is 20.9. The molecule has 18 heteroatoms. The molecule has 6 rings (SSSR count). The van der Waals surface area contributed by atoms with Crippen LogP contribution in [0.4, 0.5) is 8.78 Å². The number of nitrogens with one attached hydrogen (secondary N) is 1. The van der Waals surface area contributed by atoms with Gasteiger partial charge < -0.3 is 39.8 Å². The molecule has 66 heavy (non-hydrogen) atoms. The Balaban J connectivity index is 0.000000249. The molecule has 0 spiro atoms. The summed E-state index contributed by atoms with van der Waals surface area (Å²) in [6.45, 7) is 19.7. The fourth-order valence-electron chi connectivity index (χ4n) is 8.23. The SMILES string of the molecule is CC(C)OC(=O)C1=CN(C(=O)c2ccc(F)c(F)c2)CC(C)(C)c2c1n(C)c(=O)n2C.CNC1=C(N)C(C(=O)OC(C)C)=CN(C(=O)c2ccc(OCCN3CCOCC3)cc2)CC1(C)C. The molecule has 1 saturated heterocycles. The number of fused-ring (bicyclic) bond motifs is 1. The number of imidazole rings is 1. The molecule has 0 aliphatic carbocycles. The molecule has 3 aliphatic heterocycles. The Labute approximate surface area is 384 Å². The summed E-state index contributed by atoms with van der Waals surface area (Å²) in [4.78, 5) is 70.1. The molecule has 2 amide bonds. The van der Waals surface area contributed by atoms with E-state index in [1.807, 2.05) is 27.7 Å². The van der Waals surface area contributed by atoms with Gasteiger partial charge in [-0.2, -0.15) is 0 Å². The molecule has 0 unspecified atom stereocenters. The zero-order valence-corrected chi connectivity index (χ0v) is 39.8. The van der Waals surface area contributed by atoms with E-state index >= 15 is 0 Å². The lowest BCUT2D eigenvalue weighted by Crippen LogP contribution is -2.38. The van der Waals surface area contributed by atoms with Gasteiger partial charge in [-0.3, -0.25) is 23.6 Å². The normalized spacial score (nSPS) is 17.1. The fourth-order valence-corrected chi connectivity index (χ4v) is 8.23. The molecule has 0 saturated carbocycles. The van der Waals surface area contributed by atoms with E-state index in [2.05, 4.69) is 10.2 Å². The minimum Gasteiger partial charge on any atom is -0.492 e. The summed E-state index contributed by atoms with van der Waals surface area (Å²) in [6, 6.07) is 9.93. The molecule has 0 atom stereocenters. The quantitative estimate of drug-likeness (QED) is 0.251. The maximum atomic E-state index is 13.7. The van der Waals surface area contributed by atoms with Crippen molar-refractivity contribution in [3.05, 3.63) is 116 Å². The van der Waals surface area contributed by atoms with Crippen molar-refractivity contribution in [1.29, 1.82) is 0 Å². The van der Waals surface area contributed by atoms with Gasteiger partial charge in [0.2, 0.25) is 0 Å². The number of nitrogens with two attached hydrogens (primary N) is 1. The van der Waals surface area contributed by atoms with E-state index in [1.54, 1.807) is 73.1 Å². The highest BCUT2D eigenvalue weighted by Crippen LogP contribution is 2.36. The van der Waals surface area contributed by atoms with Crippen molar-refractivity contribution in [1.82, 2.24) is 29.2 Å². The Morgan fingerprint density at radius 2 is 1.30 bits per heavy atom. The highest BCUT2D eigenvalue weighted by Gasteiger charge is 2.40. The number of amides is 2. The number of halogens is 2. The molecule has 358 valence electrons. The van der Waals surface area contributed by atoms with Crippen LogP contribution in [0.3, 0.4) is 0 Å². The van der Waals surface area contributed by atoms with E-state index in [1.165, 1.54) is 37.4 Å². The van der Waals surface area contributed by atoms with Crippen LogP contribution in [0.15, 0.2) is 76.6 Å². The average molecular weight is 920 g/mol. The van der Waals surface area contributed by atoms with Gasteiger partial charge in [0, 0.05) is 93.9 Å². The number of esters is 2. The van der Waals surface area contributed by atoms with Crippen molar-refractivity contribution in [3.63, 3.8) is 0 Å². The van der Waals surface area contributed by atoms with Gasteiger partial charge in [0.15, 0.2) is 11.6 Å². The van der Waals surface area contributed by atoms with E-state index in [0.717, 1.165) is 45.0 Å². The molecule has 2 aromatic carbocycles. The number of carbonyl (C=O) groups excluding carboxylic acids is 4. The second-order valence-corrected chi connectivity index (χ2v) is 18.2. The number of benzene rings is 2. The van der Waals surface area contributed by atoms with Crippen molar-refractivity contribution >= 4 is 29.3 Å². The first-order valence-electron chi connectivity index (χ1n) is 21.9. The predicted octanol–water partition coefficient (Wildman–Crippen LogP) is 4.83. The van der Waals surface area contributed by atoms with Crippen LogP contribution in [0.25, 0.3) is 5.57 Å². The fraction of sp³-hybridized carbons (Fsp3) is 0.479. The third-order valence-corrected chi connectivity index (χ3v) is 11.2. The maximum Gasteiger partial charge on any atom is 0.342 e. The van der Waals surface area contributed by atoms with Gasteiger partial charge in [-0.25, -0.2) is 23.2 Å². The highest BCUT2D eigenvalue weighted by molar-refractivity contribution is 6.17. The zero-order valence-electron chi connectivity index (χ0n) is 39.8. The summed E-state index contributed by atoms with van der Waals surface area (Å²) in [5.41, 5.74) is 7.28. The van der Waals surface area contributed by atoms with E-state index in [9.17, 15) is 32.8 Å². The Hall–Kier alpha value is -6.27. The number of hydrogen-bond acceptors (Lipinski definition) is 12. The largest absolute Gasteiger partial charge is 0.492 e. The van der Waals surface area contributed by atoms with Gasteiger partial charge >= 0.3 is 17.6 Å². The van der Waals surface area contributed by atoms with Crippen LogP contribution in [-0.2, 0) is 43.3 Å². The molecule has 16 nitrogen and oxygen atoms in total. The lowest BCUT2D eigenvalue weighted by Gasteiger charge is -2.31. The summed E-state index contributed by atoms with van der Waals surface area (Å²) in [6.07, 6.45) is 2.08. The summed E-state index contributed by atoms with van der Waals surface area (Å²) in [5.74, 6) is -3.62. The number of ether oxygens (including phenoxy) is 4. The first-order valence-corrected chi connectivity index (χ1v) is 21.9. The molecule has 4 heterocycles. The van der Waals surface area contributed by atoms with Gasteiger partial charge in [-0.1, -0.05) is 27.7 Å². The number of hydrogen-bond donors (Lipinski definition) is 2. The third kappa shape index (κ3) is 11.6. The topological polar surface area (TPSA) is 180 Å². The third-order valence-electron chi connectivity index (χ3n) is 11.2. The molecule has 3 aliphatic rings. The summed E-state index contributed by atoms with van der Waals surface area (Å²) in [5, 5.41) is 3.11. The predicted molar refractivity (Wildman–Crippen MR) is 244 cm³/mol. The minimum atomic E-state index is -1.14. The van der Waals surface area contributed by atoms with Crippen LogP contribution in [-0.4, -0.2) is 119 Å². The van der Waals surface area contributed by atoms with Gasteiger partial charge in [-0.15, -0.1) is 0 Å². The van der Waals surface area contributed by atoms with Crippen molar-refractivity contribution in [3.8, 4) is 5.75 Å². The number of nitrogens with zero attached hydrogens (tertiary/aromatic N) is 5. The van der Waals surface area contributed by atoms with Gasteiger partial charge in [-0.05, 0) is 70.2 Å². The standard InChI is InChI=1S/C26H38N4O5.C22H25F2N3O4/c1-18(2)35-25(32)21-16-30(17-26(3,4)23(28-5)22(21)27)24(31)19-6-8-20(9-7-19)34-15-12-29-10-13-33-14-11-29;1-12(2)31-20(29)14-10-27(19(28)13-7-8-15(23)16(24)9-13)11-22(3,4)18-17(14)25(5)21(30)26(18)6/h6-9,16,18,28H,10-15,17,27H2,1-5H3;7-10,12H,11H2,1-6H3. The van der Waals surface area contributed by atoms with Crippen molar-refractivity contribution in [2.45, 2.75) is 73.0 Å². The van der Waals surface area contributed by atoms with Crippen LogP contribution in [0.5, 0.6) is 5.75 Å². The first-order chi connectivity index (χ1) is 31.0. The van der Waals surface area contributed by atoms with Crippen LogP contribution < -0.4 is 21.5 Å². The molecule has 0 bridgehead atoms. The van der Waals surface area contributed by atoms with Gasteiger partial charge in [0.25, 0.3) is 11.8 Å². The van der Waals surface area contributed by atoms with Crippen LogP contribution >= 0.6 is 0 Å². The Morgan fingerprint density at radius 3 is 1.86 bits per heavy atom. The second-order valence-electron chi connectivity index (χ2n) is 18.2. The van der Waals surface area contributed by atoms with Crippen molar-refractivity contribution < 1.29 is 46.9 Å². The number of rotatable bonds is 11. The van der Waals surface area contributed by atoms with E-state index in [-0.39, 0.29) is 46.7 Å². The molecular weight excluding hydrogens is 857 g/mol. The lowest BCUT2D eigenvalue weighted by molar-refractivity contribution is -0.142. The molecule has 1 fully saturated rings. The zero-order chi connectivity index (χ0) is 48.8. The van der Waals surface area contributed by atoms with Gasteiger partial charge in [0.05, 0.1) is 42.5 Å². The molecule has 0 radical (unpaired) electrons. The minimum absolute atomic E-state index is 0.0328. The number of morpholine rings is 1. The Bertz CT molecular complexity index is 2460. The van der Waals surface area contributed by atoms with Crippen LogP contribution in [0, 0.1) is 17.0 Å². The summed E-state index contributed by atoms with van der Waals surface area (Å²) >= 11 is 0. The average Bonchev–Trinajstić information content (AvgIpc) is 3.34. The molecule has 1 aromatic heterocycles. The monoisotopic (exact) mass is 919 g/mol. The smallest absolute Gasteiger partial charge is 0.342 e. The van der Waals surface area contributed by atoms with E-state index in [4.69, 9.17) is 24.7 Å². The molecule has 3 N–H and O–H groups in total. The van der Waals surface area contributed by atoms with Crippen LogP contribution in [0.1, 0.15) is 87.5 Å². The summed E-state index contributed by atoms with van der Waals surface area (Å²) < 4.78 is 51.8. The van der Waals surface area contributed by atoms with Crippen molar-refractivity contribution in [2.75, 3.05) is 59.6 Å². The highest BCUT2D eigenvalue weighted by atomic mass is 19.2. The Kier molecular flexibility index (Phi) is 16.1.